The van der Waals surface area contributed by atoms with Crippen molar-refractivity contribution in [3.63, 3.8) is 0 Å². The highest BCUT2D eigenvalue weighted by Gasteiger charge is 2.22. The molecule has 24 heavy (non-hydrogen) atoms. The van der Waals surface area contributed by atoms with E-state index in [4.69, 9.17) is 0 Å². The van der Waals surface area contributed by atoms with E-state index in [0.29, 0.717) is 22.6 Å². The van der Waals surface area contributed by atoms with Crippen LogP contribution in [0.15, 0.2) is 47.6 Å². The molecule has 122 valence electrons. The van der Waals surface area contributed by atoms with Gasteiger partial charge in [0.15, 0.2) is 5.65 Å². The van der Waals surface area contributed by atoms with Crippen LogP contribution in [0.25, 0.3) is 5.65 Å². The number of aryl methyl sites for hydroxylation is 1. The minimum atomic E-state index is -3.78. The van der Waals surface area contributed by atoms with Crippen LogP contribution in [0.3, 0.4) is 0 Å². The highest BCUT2D eigenvalue weighted by molar-refractivity contribution is 7.92. The summed E-state index contributed by atoms with van der Waals surface area (Å²) in [4.78, 5) is 15.9. The molecule has 3 heterocycles. The standard InChI is InChI=1S/C16H14N4O3S/c1-10-9-20-6-2-3-14(16(20)17-10)19-24(22,23)12-4-5-13-11(7-12)8-15(21)18-13/h2-7,9,19H,8H2,1H3,(H,18,21). The van der Waals surface area contributed by atoms with Crippen LogP contribution in [0.4, 0.5) is 11.4 Å². The van der Waals surface area contributed by atoms with Gasteiger partial charge in [-0.2, -0.15) is 0 Å². The Balaban J connectivity index is 1.73. The molecular formula is C16H14N4O3S. The van der Waals surface area contributed by atoms with E-state index in [-0.39, 0.29) is 17.2 Å². The van der Waals surface area contributed by atoms with E-state index >= 15 is 0 Å². The second kappa shape index (κ2) is 5.07. The molecule has 0 spiro atoms. The minimum absolute atomic E-state index is 0.114. The van der Waals surface area contributed by atoms with Gasteiger partial charge in [-0.25, -0.2) is 13.4 Å². The number of carbonyl (C=O) groups excluding carboxylic acids is 1. The molecule has 0 saturated heterocycles. The van der Waals surface area contributed by atoms with Gasteiger partial charge in [-0.3, -0.25) is 9.52 Å². The summed E-state index contributed by atoms with van der Waals surface area (Å²) in [6.07, 6.45) is 3.81. The molecule has 2 aromatic heterocycles. The van der Waals surface area contributed by atoms with Gasteiger partial charge in [-0.1, -0.05) is 0 Å². The maximum Gasteiger partial charge on any atom is 0.262 e. The highest BCUT2D eigenvalue weighted by Crippen LogP contribution is 2.27. The first-order valence-electron chi connectivity index (χ1n) is 7.32. The largest absolute Gasteiger partial charge is 0.326 e. The molecule has 0 atom stereocenters. The number of pyridine rings is 1. The zero-order valence-electron chi connectivity index (χ0n) is 12.8. The summed E-state index contributed by atoms with van der Waals surface area (Å²) in [7, 11) is -3.78. The number of benzene rings is 1. The predicted octanol–water partition coefficient (Wildman–Crippen LogP) is 1.94. The van der Waals surface area contributed by atoms with Gasteiger partial charge in [0.05, 0.1) is 22.7 Å². The number of aromatic nitrogens is 2. The molecule has 8 heteroatoms. The first kappa shape index (κ1) is 14.7. The van der Waals surface area contributed by atoms with Gasteiger partial charge in [0.25, 0.3) is 10.0 Å². The summed E-state index contributed by atoms with van der Waals surface area (Å²) in [5.74, 6) is -0.134. The normalized spacial score (nSPS) is 13.8. The Morgan fingerprint density at radius 1 is 1.29 bits per heavy atom. The summed E-state index contributed by atoms with van der Waals surface area (Å²) in [5.41, 5.74) is 3.07. The van der Waals surface area contributed by atoms with Crippen molar-refractivity contribution in [3.05, 3.63) is 54.0 Å². The van der Waals surface area contributed by atoms with Crippen molar-refractivity contribution >= 4 is 33.0 Å². The van der Waals surface area contributed by atoms with E-state index in [1.54, 1.807) is 28.8 Å². The third kappa shape index (κ3) is 2.41. The Morgan fingerprint density at radius 2 is 2.12 bits per heavy atom. The van der Waals surface area contributed by atoms with E-state index in [2.05, 4.69) is 15.0 Å². The number of hydrogen-bond donors (Lipinski definition) is 2. The van der Waals surface area contributed by atoms with Crippen molar-refractivity contribution in [2.24, 2.45) is 0 Å². The number of fused-ring (bicyclic) bond motifs is 2. The molecule has 0 unspecified atom stereocenters. The maximum atomic E-state index is 12.7. The Labute approximate surface area is 138 Å². The summed E-state index contributed by atoms with van der Waals surface area (Å²) >= 11 is 0. The SMILES string of the molecule is Cc1cn2cccc(NS(=O)(=O)c3ccc4c(c3)CC(=O)N4)c2n1. The zero-order valence-corrected chi connectivity index (χ0v) is 13.6. The first-order chi connectivity index (χ1) is 11.4. The third-order valence-corrected chi connectivity index (χ3v) is 5.22. The second-order valence-electron chi connectivity index (χ2n) is 5.68. The summed E-state index contributed by atoms with van der Waals surface area (Å²) in [6, 6.07) is 8.01. The molecule has 7 nitrogen and oxygen atoms in total. The lowest BCUT2D eigenvalue weighted by Crippen LogP contribution is -2.14. The van der Waals surface area contributed by atoms with Crippen molar-refractivity contribution in [1.82, 2.24) is 9.38 Å². The average Bonchev–Trinajstić information content (AvgIpc) is 3.07. The van der Waals surface area contributed by atoms with E-state index < -0.39 is 10.0 Å². The van der Waals surface area contributed by atoms with Gasteiger partial charge in [0.1, 0.15) is 0 Å². The van der Waals surface area contributed by atoms with Gasteiger partial charge < -0.3 is 9.72 Å². The van der Waals surface area contributed by atoms with Crippen molar-refractivity contribution in [2.45, 2.75) is 18.2 Å². The van der Waals surface area contributed by atoms with Gasteiger partial charge in [-0.15, -0.1) is 0 Å². The fourth-order valence-corrected chi connectivity index (χ4v) is 3.90. The molecule has 0 fully saturated rings. The molecular weight excluding hydrogens is 328 g/mol. The molecule has 0 saturated carbocycles. The lowest BCUT2D eigenvalue weighted by Gasteiger charge is -2.10. The molecule has 0 aliphatic carbocycles. The van der Waals surface area contributed by atoms with E-state index in [1.807, 2.05) is 13.1 Å². The molecule has 1 aliphatic rings. The Kier molecular flexibility index (Phi) is 3.10. The predicted molar refractivity (Wildman–Crippen MR) is 89.5 cm³/mol. The summed E-state index contributed by atoms with van der Waals surface area (Å²) < 4.78 is 29.7. The van der Waals surface area contributed by atoms with Gasteiger partial charge in [0, 0.05) is 18.1 Å². The van der Waals surface area contributed by atoms with Crippen LogP contribution in [0.1, 0.15) is 11.3 Å². The Hall–Kier alpha value is -2.87. The van der Waals surface area contributed by atoms with Crippen LogP contribution in [0.2, 0.25) is 0 Å². The molecule has 1 aliphatic heterocycles. The topological polar surface area (TPSA) is 92.6 Å². The van der Waals surface area contributed by atoms with Crippen molar-refractivity contribution in [2.75, 3.05) is 10.0 Å². The van der Waals surface area contributed by atoms with Crippen molar-refractivity contribution in [1.29, 1.82) is 0 Å². The smallest absolute Gasteiger partial charge is 0.262 e. The Bertz CT molecular complexity index is 1090. The van der Waals surface area contributed by atoms with Crippen LogP contribution >= 0.6 is 0 Å². The highest BCUT2D eigenvalue weighted by atomic mass is 32.2. The number of amides is 1. The number of imidazole rings is 1. The lowest BCUT2D eigenvalue weighted by atomic mass is 10.2. The van der Waals surface area contributed by atoms with Gasteiger partial charge in [-0.05, 0) is 42.8 Å². The minimum Gasteiger partial charge on any atom is -0.326 e. The number of carbonyl (C=O) groups is 1. The monoisotopic (exact) mass is 342 g/mol. The number of nitrogens with one attached hydrogen (secondary N) is 2. The second-order valence-corrected chi connectivity index (χ2v) is 7.37. The number of hydrogen-bond acceptors (Lipinski definition) is 4. The third-order valence-electron chi connectivity index (χ3n) is 3.86. The average molecular weight is 342 g/mol. The zero-order chi connectivity index (χ0) is 16.9. The van der Waals surface area contributed by atoms with Crippen molar-refractivity contribution in [3.8, 4) is 0 Å². The first-order valence-corrected chi connectivity index (χ1v) is 8.81. The molecule has 4 rings (SSSR count). The summed E-state index contributed by atoms with van der Waals surface area (Å²) in [5, 5.41) is 2.69. The fourth-order valence-electron chi connectivity index (χ4n) is 2.79. The summed E-state index contributed by atoms with van der Waals surface area (Å²) in [6.45, 7) is 1.84. The number of nitrogens with zero attached hydrogens (tertiary/aromatic N) is 2. The van der Waals surface area contributed by atoms with Crippen LogP contribution in [-0.4, -0.2) is 23.7 Å². The van der Waals surface area contributed by atoms with Gasteiger partial charge >= 0.3 is 0 Å². The van der Waals surface area contributed by atoms with Gasteiger partial charge in [0.2, 0.25) is 5.91 Å². The molecule has 1 aromatic carbocycles. The number of sulfonamides is 1. The van der Waals surface area contributed by atoms with Crippen LogP contribution < -0.4 is 10.0 Å². The number of anilines is 2. The molecule has 1 amide bonds. The quantitative estimate of drug-likeness (QED) is 0.761. The van der Waals surface area contributed by atoms with Crippen LogP contribution in [0, 0.1) is 6.92 Å². The van der Waals surface area contributed by atoms with Crippen LogP contribution in [-0.2, 0) is 21.2 Å². The Morgan fingerprint density at radius 3 is 2.96 bits per heavy atom. The molecule has 2 N–H and O–H groups in total. The maximum absolute atomic E-state index is 12.7. The molecule has 3 aromatic rings. The number of rotatable bonds is 3. The van der Waals surface area contributed by atoms with Crippen LogP contribution in [0.5, 0.6) is 0 Å². The van der Waals surface area contributed by atoms with E-state index in [9.17, 15) is 13.2 Å². The van der Waals surface area contributed by atoms with E-state index in [1.165, 1.54) is 12.1 Å². The van der Waals surface area contributed by atoms with Crippen molar-refractivity contribution < 1.29 is 13.2 Å². The lowest BCUT2D eigenvalue weighted by molar-refractivity contribution is -0.115. The molecule has 0 bridgehead atoms. The fraction of sp³-hybridized carbons (Fsp3) is 0.125. The molecule has 0 radical (unpaired) electrons. The van der Waals surface area contributed by atoms with E-state index in [0.717, 1.165) is 5.69 Å².